The van der Waals surface area contributed by atoms with Crippen LogP contribution in [0.1, 0.15) is 44.7 Å². The molecule has 2 rings (SSSR count). The van der Waals surface area contributed by atoms with E-state index in [1.807, 2.05) is 0 Å². The highest BCUT2D eigenvalue weighted by Crippen LogP contribution is 2.44. The SMILES string of the molecule is CC(C)Cc1ccc(CNCC2(C)CC2)cc1. The summed E-state index contributed by atoms with van der Waals surface area (Å²) in [5.74, 6) is 0.744. The highest BCUT2D eigenvalue weighted by molar-refractivity contribution is 5.22. The monoisotopic (exact) mass is 231 g/mol. The molecular formula is C16H25N. The van der Waals surface area contributed by atoms with Crippen LogP contribution in [0.4, 0.5) is 0 Å². The van der Waals surface area contributed by atoms with Crippen molar-refractivity contribution in [1.29, 1.82) is 0 Å². The third kappa shape index (κ3) is 4.16. The normalized spacial score (nSPS) is 17.4. The van der Waals surface area contributed by atoms with Gasteiger partial charge in [0.25, 0.3) is 0 Å². The van der Waals surface area contributed by atoms with E-state index in [1.54, 1.807) is 0 Å². The minimum Gasteiger partial charge on any atom is -0.312 e. The summed E-state index contributed by atoms with van der Waals surface area (Å²) in [6, 6.07) is 9.07. The Kier molecular flexibility index (Phi) is 3.88. The van der Waals surface area contributed by atoms with E-state index in [9.17, 15) is 0 Å². The van der Waals surface area contributed by atoms with Crippen LogP contribution < -0.4 is 5.32 Å². The summed E-state index contributed by atoms with van der Waals surface area (Å²) in [5.41, 5.74) is 3.47. The van der Waals surface area contributed by atoms with Gasteiger partial charge in [-0.1, -0.05) is 45.0 Å². The van der Waals surface area contributed by atoms with E-state index in [4.69, 9.17) is 0 Å². The van der Waals surface area contributed by atoms with Gasteiger partial charge in [-0.25, -0.2) is 0 Å². The van der Waals surface area contributed by atoms with E-state index in [0.717, 1.165) is 12.5 Å². The van der Waals surface area contributed by atoms with Crippen molar-refractivity contribution >= 4 is 0 Å². The highest BCUT2D eigenvalue weighted by Gasteiger charge is 2.36. The molecule has 17 heavy (non-hydrogen) atoms. The molecule has 0 heterocycles. The lowest BCUT2D eigenvalue weighted by Gasteiger charge is -2.10. The minimum absolute atomic E-state index is 0.609. The third-order valence-electron chi connectivity index (χ3n) is 3.65. The quantitative estimate of drug-likeness (QED) is 0.785. The van der Waals surface area contributed by atoms with E-state index in [0.29, 0.717) is 5.41 Å². The van der Waals surface area contributed by atoms with Gasteiger partial charge in [0.2, 0.25) is 0 Å². The minimum atomic E-state index is 0.609. The van der Waals surface area contributed by atoms with Crippen LogP contribution in [0.3, 0.4) is 0 Å². The zero-order chi connectivity index (χ0) is 12.3. The molecule has 1 saturated carbocycles. The van der Waals surface area contributed by atoms with Crippen LogP contribution >= 0.6 is 0 Å². The molecule has 0 atom stereocenters. The molecule has 0 aliphatic heterocycles. The van der Waals surface area contributed by atoms with Crippen molar-refractivity contribution in [3.63, 3.8) is 0 Å². The topological polar surface area (TPSA) is 12.0 Å². The molecule has 1 aromatic carbocycles. The van der Waals surface area contributed by atoms with Crippen molar-refractivity contribution in [2.24, 2.45) is 11.3 Å². The molecule has 0 bridgehead atoms. The van der Waals surface area contributed by atoms with Crippen LogP contribution in [0.5, 0.6) is 0 Å². The van der Waals surface area contributed by atoms with Crippen LogP contribution in [-0.4, -0.2) is 6.54 Å². The van der Waals surface area contributed by atoms with E-state index in [2.05, 4.69) is 50.4 Å². The zero-order valence-corrected chi connectivity index (χ0v) is 11.4. The Morgan fingerprint density at radius 3 is 2.24 bits per heavy atom. The average molecular weight is 231 g/mol. The Balaban J connectivity index is 1.77. The third-order valence-corrected chi connectivity index (χ3v) is 3.65. The van der Waals surface area contributed by atoms with Gasteiger partial charge in [0.05, 0.1) is 0 Å². The lowest BCUT2D eigenvalue weighted by molar-refractivity contribution is 0.499. The Hall–Kier alpha value is -0.820. The molecule has 1 N–H and O–H groups in total. The molecule has 0 radical (unpaired) electrons. The molecular weight excluding hydrogens is 206 g/mol. The standard InChI is InChI=1S/C16H25N/c1-13(2)10-14-4-6-15(7-5-14)11-17-12-16(3)8-9-16/h4-7,13,17H,8-12H2,1-3H3. The van der Waals surface area contributed by atoms with Gasteiger partial charge in [0, 0.05) is 13.1 Å². The zero-order valence-electron chi connectivity index (χ0n) is 11.4. The van der Waals surface area contributed by atoms with Gasteiger partial charge in [-0.3, -0.25) is 0 Å². The summed E-state index contributed by atoms with van der Waals surface area (Å²) in [6.07, 6.45) is 3.98. The van der Waals surface area contributed by atoms with Crippen molar-refractivity contribution in [3.05, 3.63) is 35.4 Å². The van der Waals surface area contributed by atoms with Gasteiger partial charge in [-0.15, -0.1) is 0 Å². The second kappa shape index (κ2) is 5.22. The molecule has 1 fully saturated rings. The summed E-state index contributed by atoms with van der Waals surface area (Å²) < 4.78 is 0. The second-order valence-corrected chi connectivity index (χ2v) is 6.33. The molecule has 1 aliphatic carbocycles. The van der Waals surface area contributed by atoms with Crippen LogP contribution in [0, 0.1) is 11.3 Å². The van der Waals surface area contributed by atoms with Gasteiger partial charge < -0.3 is 5.32 Å². The maximum atomic E-state index is 3.56. The first-order valence-corrected chi connectivity index (χ1v) is 6.86. The molecule has 0 spiro atoms. The van der Waals surface area contributed by atoms with Crippen LogP contribution in [-0.2, 0) is 13.0 Å². The number of nitrogens with one attached hydrogen (secondary N) is 1. The summed E-state index contributed by atoms with van der Waals surface area (Å²) in [6.45, 7) is 9.08. The van der Waals surface area contributed by atoms with Crippen molar-refractivity contribution in [3.8, 4) is 0 Å². The molecule has 0 amide bonds. The smallest absolute Gasteiger partial charge is 0.0205 e. The largest absolute Gasteiger partial charge is 0.312 e. The van der Waals surface area contributed by atoms with Gasteiger partial charge in [0.15, 0.2) is 0 Å². The van der Waals surface area contributed by atoms with Gasteiger partial charge >= 0.3 is 0 Å². The molecule has 0 saturated heterocycles. The number of benzene rings is 1. The Morgan fingerprint density at radius 1 is 1.12 bits per heavy atom. The van der Waals surface area contributed by atoms with Crippen LogP contribution in [0.15, 0.2) is 24.3 Å². The van der Waals surface area contributed by atoms with E-state index in [1.165, 1.54) is 36.9 Å². The average Bonchev–Trinajstić information content (AvgIpc) is 2.99. The van der Waals surface area contributed by atoms with Gasteiger partial charge in [-0.05, 0) is 41.7 Å². The van der Waals surface area contributed by atoms with Crippen LogP contribution in [0.2, 0.25) is 0 Å². The first kappa shape index (κ1) is 12.6. The fourth-order valence-corrected chi connectivity index (χ4v) is 2.16. The Labute approximate surface area is 106 Å². The molecule has 0 aromatic heterocycles. The number of hydrogen-bond acceptors (Lipinski definition) is 1. The summed E-state index contributed by atoms with van der Waals surface area (Å²) in [4.78, 5) is 0. The summed E-state index contributed by atoms with van der Waals surface area (Å²) in [5, 5.41) is 3.56. The molecule has 0 unspecified atom stereocenters. The van der Waals surface area contributed by atoms with Crippen molar-refractivity contribution < 1.29 is 0 Å². The van der Waals surface area contributed by atoms with Gasteiger partial charge in [0.1, 0.15) is 0 Å². The molecule has 1 nitrogen and oxygen atoms in total. The molecule has 1 aliphatic rings. The van der Waals surface area contributed by atoms with E-state index in [-0.39, 0.29) is 0 Å². The maximum Gasteiger partial charge on any atom is 0.0205 e. The Bertz CT molecular complexity index is 346. The van der Waals surface area contributed by atoms with Gasteiger partial charge in [-0.2, -0.15) is 0 Å². The predicted molar refractivity (Wildman–Crippen MR) is 74.0 cm³/mol. The first-order chi connectivity index (χ1) is 8.07. The van der Waals surface area contributed by atoms with Crippen molar-refractivity contribution in [1.82, 2.24) is 5.32 Å². The lowest BCUT2D eigenvalue weighted by atomic mass is 10.0. The Morgan fingerprint density at radius 2 is 1.71 bits per heavy atom. The first-order valence-electron chi connectivity index (χ1n) is 6.86. The summed E-state index contributed by atoms with van der Waals surface area (Å²) in [7, 11) is 0. The van der Waals surface area contributed by atoms with E-state index < -0.39 is 0 Å². The van der Waals surface area contributed by atoms with Crippen molar-refractivity contribution in [2.45, 2.75) is 46.6 Å². The molecule has 1 aromatic rings. The maximum absolute atomic E-state index is 3.56. The fourth-order valence-electron chi connectivity index (χ4n) is 2.16. The lowest BCUT2D eigenvalue weighted by Crippen LogP contribution is -2.21. The van der Waals surface area contributed by atoms with Crippen LogP contribution in [0.25, 0.3) is 0 Å². The van der Waals surface area contributed by atoms with E-state index >= 15 is 0 Å². The molecule has 1 heteroatoms. The fraction of sp³-hybridized carbons (Fsp3) is 0.625. The predicted octanol–water partition coefficient (Wildman–Crippen LogP) is 3.77. The van der Waals surface area contributed by atoms with Crippen molar-refractivity contribution in [2.75, 3.05) is 6.54 Å². The number of rotatable bonds is 6. The molecule has 94 valence electrons. The second-order valence-electron chi connectivity index (χ2n) is 6.33. The number of hydrogen-bond donors (Lipinski definition) is 1. The highest BCUT2D eigenvalue weighted by atomic mass is 14.9. The summed E-state index contributed by atoms with van der Waals surface area (Å²) >= 11 is 0.